The molecule has 2 unspecified atom stereocenters. The van der Waals surface area contributed by atoms with Crippen molar-refractivity contribution in [3.63, 3.8) is 0 Å². The molecule has 0 bridgehead atoms. The zero-order valence-corrected chi connectivity index (χ0v) is 30.6. The van der Waals surface area contributed by atoms with Gasteiger partial charge in [-0.1, -0.05) is 59.8 Å². The van der Waals surface area contributed by atoms with Gasteiger partial charge in [0.25, 0.3) is 11.8 Å². The van der Waals surface area contributed by atoms with Crippen LogP contribution in [0.3, 0.4) is 0 Å². The molecular weight excluding hydrogens is 670 g/mol. The number of hydrogen-bond acceptors (Lipinski definition) is 9. The highest BCUT2D eigenvalue weighted by Gasteiger charge is 2.52. The fraction of sp³-hybridized carbons (Fsp3) is 0.703. The highest BCUT2D eigenvalue weighted by Crippen LogP contribution is 2.43. The number of Topliss-reactive ketones (excluding diaryl/α,β-unsaturated/α-hetero) is 1. The normalized spacial score (nSPS) is 23.5. The minimum Gasteiger partial charge on any atom is -0.476 e. The third kappa shape index (κ3) is 9.13. The van der Waals surface area contributed by atoms with Crippen LogP contribution in [0, 0.1) is 23.2 Å². The number of fused-ring (bicyclic) bond motifs is 1. The molecule has 4 aliphatic rings. The molecule has 52 heavy (non-hydrogen) atoms. The number of amides is 5. The van der Waals surface area contributed by atoms with E-state index in [1.54, 1.807) is 4.90 Å². The zero-order valence-electron chi connectivity index (χ0n) is 30.6. The van der Waals surface area contributed by atoms with Gasteiger partial charge >= 0.3 is 5.97 Å². The highest BCUT2D eigenvalue weighted by atomic mass is 16.4. The lowest BCUT2D eigenvalue weighted by molar-refractivity contribution is -0.146. The Morgan fingerprint density at radius 1 is 0.865 bits per heavy atom. The molecule has 284 valence electrons. The Kier molecular flexibility index (Phi) is 12.3. The van der Waals surface area contributed by atoms with Crippen LogP contribution in [0.4, 0.5) is 0 Å². The number of aromatic carboxylic acids is 1. The summed E-state index contributed by atoms with van der Waals surface area (Å²) in [4.78, 5) is 103. The van der Waals surface area contributed by atoms with Crippen molar-refractivity contribution in [3.8, 4) is 0 Å². The predicted octanol–water partition coefficient (Wildman–Crippen LogP) is 2.14. The van der Waals surface area contributed by atoms with Crippen LogP contribution < -0.4 is 21.3 Å². The molecule has 0 spiro atoms. The summed E-state index contributed by atoms with van der Waals surface area (Å²) < 4.78 is 0. The molecular formula is C37H53N7O8. The topological polar surface area (TPSA) is 217 Å². The van der Waals surface area contributed by atoms with E-state index in [9.17, 15) is 33.6 Å². The van der Waals surface area contributed by atoms with Crippen molar-refractivity contribution in [2.45, 2.75) is 135 Å². The largest absolute Gasteiger partial charge is 0.476 e. The lowest BCUT2D eigenvalue weighted by Crippen LogP contribution is -2.62. The maximum atomic E-state index is 14.6. The second kappa shape index (κ2) is 16.5. The molecule has 1 aliphatic heterocycles. The lowest BCUT2D eigenvalue weighted by Gasteiger charge is -2.38. The molecule has 3 aliphatic carbocycles. The first-order valence-corrected chi connectivity index (χ1v) is 18.8. The maximum absolute atomic E-state index is 14.6. The van der Waals surface area contributed by atoms with E-state index in [1.165, 1.54) is 0 Å². The molecule has 2 heterocycles. The molecule has 6 atom stereocenters. The number of carbonyl (C=O) groups is 7. The van der Waals surface area contributed by atoms with Crippen molar-refractivity contribution in [1.82, 2.24) is 36.1 Å². The smallest absolute Gasteiger partial charge is 0.356 e. The van der Waals surface area contributed by atoms with E-state index in [1.807, 2.05) is 27.7 Å². The van der Waals surface area contributed by atoms with Gasteiger partial charge in [0.1, 0.15) is 23.8 Å². The van der Waals surface area contributed by atoms with Crippen LogP contribution in [0.2, 0.25) is 0 Å². The fourth-order valence-electron chi connectivity index (χ4n) is 8.01. The van der Waals surface area contributed by atoms with Crippen LogP contribution in [0.25, 0.3) is 0 Å². The summed E-state index contributed by atoms with van der Waals surface area (Å²) in [5.74, 6) is -5.09. The molecule has 0 aromatic carbocycles. The SMILES string of the molecule is CCCC(NC(=O)[C@@H]1C2CCC[C@H]2CN1C(=O)[C@@H](NC(=O)[C@@H](NC(=O)c1cnc(C(=O)O)cn1)C1CCCCC1)C(C)(C)C)C(=O)C(=O)NC1CC1. The number of hydrogen-bond donors (Lipinski definition) is 5. The van der Waals surface area contributed by atoms with Gasteiger partial charge in [-0.3, -0.25) is 28.8 Å². The molecule has 5 rings (SSSR count). The van der Waals surface area contributed by atoms with E-state index in [-0.39, 0.29) is 41.6 Å². The molecule has 4 fully saturated rings. The number of rotatable bonds is 14. The van der Waals surface area contributed by atoms with E-state index < -0.39 is 70.9 Å². The van der Waals surface area contributed by atoms with E-state index >= 15 is 0 Å². The van der Waals surface area contributed by atoms with Gasteiger partial charge < -0.3 is 31.3 Å². The summed E-state index contributed by atoms with van der Waals surface area (Å²) >= 11 is 0. The first-order chi connectivity index (χ1) is 24.7. The van der Waals surface area contributed by atoms with Crippen LogP contribution in [0.1, 0.15) is 126 Å². The van der Waals surface area contributed by atoms with Crippen LogP contribution in [0.5, 0.6) is 0 Å². The minimum atomic E-state index is -1.29. The van der Waals surface area contributed by atoms with Gasteiger partial charge in [-0.2, -0.15) is 0 Å². The number of likely N-dealkylation sites (tertiary alicyclic amines) is 1. The Morgan fingerprint density at radius 3 is 2.13 bits per heavy atom. The Labute approximate surface area is 304 Å². The number of ketones is 1. The van der Waals surface area contributed by atoms with E-state index in [2.05, 4.69) is 31.2 Å². The molecule has 1 saturated heterocycles. The fourth-order valence-corrected chi connectivity index (χ4v) is 8.01. The van der Waals surface area contributed by atoms with Gasteiger partial charge in [0, 0.05) is 12.6 Å². The first-order valence-electron chi connectivity index (χ1n) is 18.8. The van der Waals surface area contributed by atoms with E-state index in [0.29, 0.717) is 25.8 Å². The van der Waals surface area contributed by atoms with Gasteiger partial charge in [0.2, 0.25) is 23.5 Å². The second-order valence-corrected chi connectivity index (χ2v) is 16.0. The Balaban J connectivity index is 1.36. The van der Waals surface area contributed by atoms with Crippen LogP contribution >= 0.6 is 0 Å². The average Bonchev–Trinajstić information content (AvgIpc) is 3.68. The summed E-state index contributed by atoms with van der Waals surface area (Å²) in [5, 5.41) is 20.5. The molecule has 15 heteroatoms. The predicted molar refractivity (Wildman–Crippen MR) is 188 cm³/mol. The monoisotopic (exact) mass is 723 g/mol. The maximum Gasteiger partial charge on any atom is 0.356 e. The Morgan fingerprint density at radius 2 is 1.54 bits per heavy atom. The van der Waals surface area contributed by atoms with Crippen molar-refractivity contribution in [2.24, 2.45) is 23.2 Å². The van der Waals surface area contributed by atoms with Gasteiger partial charge in [0.15, 0.2) is 5.69 Å². The molecule has 1 aromatic rings. The first kappa shape index (κ1) is 38.8. The molecule has 5 N–H and O–H groups in total. The van der Waals surface area contributed by atoms with Crippen molar-refractivity contribution < 1.29 is 38.7 Å². The second-order valence-electron chi connectivity index (χ2n) is 16.0. The van der Waals surface area contributed by atoms with E-state index in [4.69, 9.17) is 5.11 Å². The number of nitrogens with one attached hydrogen (secondary N) is 4. The number of nitrogens with zero attached hydrogens (tertiary/aromatic N) is 3. The summed E-state index contributed by atoms with van der Waals surface area (Å²) in [6, 6.07) is -3.97. The van der Waals surface area contributed by atoms with Crippen molar-refractivity contribution in [3.05, 3.63) is 23.8 Å². The number of carboxylic acid groups (broad SMARTS) is 1. The quantitative estimate of drug-likeness (QED) is 0.176. The van der Waals surface area contributed by atoms with Crippen LogP contribution in [-0.2, 0) is 24.0 Å². The summed E-state index contributed by atoms with van der Waals surface area (Å²) in [5.41, 5.74) is -1.27. The third-order valence-electron chi connectivity index (χ3n) is 11.0. The number of aromatic nitrogens is 2. The van der Waals surface area contributed by atoms with Gasteiger partial charge in [0.05, 0.1) is 18.4 Å². The lowest BCUT2D eigenvalue weighted by atomic mass is 9.82. The van der Waals surface area contributed by atoms with Crippen molar-refractivity contribution in [2.75, 3.05) is 6.54 Å². The zero-order chi connectivity index (χ0) is 37.7. The van der Waals surface area contributed by atoms with E-state index in [0.717, 1.165) is 63.8 Å². The van der Waals surface area contributed by atoms with Gasteiger partial charge in [-0.25, -0.2) is 14.8 Å². The summed E-state index contributed by atoms with van der Waals surface area (Å²) in [6.07, 6.45) is 11.1. The standard InChI is InChI=1S/C37H53N7O8/c1-5-10-24(29(45)34(49)40-22-15-16-22)41-33(48)28-23-14-9-13-21(23)19-44(28)35(50)30(37(2,3)4)43-32(47)27(20-11-7-6-8-12-20)42-31(46)25-17-39-26(18-38-25)36(51)52/h17-18,20-24,27-28,30H,5-16,19H2,1-4H3,(H,40,49)(H,41,48)(H,42,46)(H,43,47)(H,51,52)/t21-,23?,24?,27-,28-,30+/m0/s1. The molecule has 1 aromatic heterocycles. The summed E-state index contributed by atoms with van der Waals surface area (Å²) in [7, 11) is 0. The molecule has 0 radical (unpaired) electrons. The minimum absolute atomic E-state index is 0.00812. The Hall–Kier alpha value is -4.43. The van der Waals surface area contributed by atoms with Crippen molar-refractivity contribution in [1.29, 1.82) is 0 Å². The number of carbonyl (C=O) groups excluding carboxylic acids is 6. The van der Waals surface area contributed by atoms with Crippen molar-refractivity contribution >= 4 is 41.3 Å². The number of carboxylic acids is 1. The molecule has 3 saturated carbocycles. The molecule has 5 amide bonds. The van der Waals surface area contributed by atoms with Crippen LogP contribution in [0.15, 0.2) is 12.4 Å². The highest BCUT2D eigenvalue weighted by molar-refractivity contribution is 6.38. The van der Waals surface area contributed by atoms with Gasteiger partial charge in [-0.15, -0.1) is 0 Å². The Bertz CT molecular complexity index is 1530. The third-order valence-corrected chi connectivity index (χ3v) is 11.0. The van der Waals surface area contributed by atoms with Gasteiger partial charge in [-0.05, 0) is 68.1 Å². The van der Waals surface area contributed by atoms with Crippen LogP contribution in [-0.4, -0.2) is 98.0 Å². The average molecular weight is 724 g/mol. The summed E-state index contributed by atoms with van der Waals surface area (Å²) in [6.45, 7) is 7.66. The molecule has 15 nitrogen and oxygen atoms in total.